The zero-order chi connectivity index (χ0) is 10.7. The summed E-state index contributed by atoms with van der Waals surface area (Å²) in [5.41, 5.74) is 0.0697. The molecule has 0 spiro atoms. The Balaban J connectivity index is 4.04. The summed E-state index contributed by atoms with van der Waals surface area (Å²) in [4.78, 5) is 2.23. The van der Waals surface area contributed by atoms with E-state index >= 15 is 0 Å². The van der Waals surface area contributed by atoms with Gasteiger partial charge in [0, 0.05) is 13.1 Å². The summed E-state index contributed by atoms with van der Waals surface area (Å²) in [6.07, 6.45) is 0. The molecule has 0 saturated carbocycles. The second-order valence-electron chi connectivity index (χ2n) is 5.73. The van der Waals surface area contributed by atoms with Gasteiger partial charge in [0.15, 0.2) is 0 Å². The van der Waals surface area contributed by atoms with E-state index in [1.54, 1.807) is 0 Å². The van der Waals surface area contributed by atoms with Crippen LogP contribution in [-0.2, 0) is 0 Å². The maximum absolute atomic E-state index is 8.86. The normalized spacial score (nSPS) is 13.1. The SMILES string of the molecule is CN(CC(C)(C)C)CC(C)(C)C#N. The Hall–Kier alpha value is -0.550. The molecule has 2 heteroatoms. The van der Waals surface area contributed by atoms with Gasteiger partial charge in [-0.2, -0.15) is 5.26 Å². The lowest BCUT2D eigenvalue weighted by Gasteiger charge is -2.30. The molecule has 0 aliphatic rings. The van der Waals surface area contributed by atoms with Crippen molar-refractivity contribution in [2.75, 3.05) is 20.1 Å². The third-order valence-electron chi connectivity index (χ3n) is 1.71. The number of nitriles is 1. The van der Waals surface area contributed by atoms with Gasteiger partial charge in [-0.1, -0.05) is 20.8 Å². The Labute approximate surface area is 82.5 Å². The van der Waals surface area contributed by atoms with Crippen LogP contribution in [0.3, 0.4) is 0 Å². The van der Waals surface area contributed by atoms with Crippen LogP contribution in [0.5, 0.6) is 0 Å². The van der Waals surface area contributed by atoms with Gasteiger partial charge in [-0.15, -0.1) is 0 Å². The Kier molecular flexibility index (Phi) is 3.93. The largest absolute Gasteiger partial charge is 0.304 e. The van der Waals surface area contributed by atoms with Crippen LogP contribution in [0.2, 0.25) is 0 Å². The lowest BCUT2D eigenvalue weighted by atomic mass is 9.92. The molecule has 0 fully saturated rings. The van der Waals surface area contributed by atoms with E-state index in [0.29, 0.717) is 5.41 Å². The van der Waals surface area contributed by atoms with Crippen LogP contribution in [0.25, 0.3) is 0 Å². The number of hydrogen-bond acceptors (Lipinski definition) is 2. The smallest absolute Gasteiger partial charge is 0.0697 e. The standard InChI is InChI=1S/C11H22N2/c1-10(2,3)8-13(6)9-11(4,5)7-12/h8-9H2,1-6H3. The van der Waals surface area contributed by atoms with Crippen molar-refractivity contribution >= 4 is 0 Å². The van der Waals surface area contributed by atoms with Crippen molar-refractivity contribution in [3.05, 3.63) is 0 Å². The molecule has 0 amide bonds. The van der Waals surface area contributed by atoms with E-state index in [2.05, 4.69) is 38.8 Å². The highest BCUT2D eigenvalue weighted by molar-refractivity contribution is 4.93. The maximum Gasteiger partial charge on any atom is 0.0697 e. The van der Waals surface area contributed by atoms with Gasteiger partial charge in [-0.3, -0.25) is 0 Å². The average Bonchev–Trinajstić information content (AvgIpc) is 1.81. The minimum absolute atomic E-state index is 0.236. The molecule has 0 aliphatic heterocycles. The molecule has 0 rings (SSSR count). The Bertz CT molecular complexity index is 193. The molecule has 0 heterocycles. The van der Waals surface area contributed by atoms with E-state index in [4.69, 9.17) is 5.26 Å². The molecule has 0 N–H and O–H groups in total. The molecule has 0 radical (unpaired) electrons. The van der Waals surface area contributed by atoms with Crippen LogP contribution in [0.1, 0.15) is 34.6 Å². The van der Waals surface area contributed by atoms with E-state index in [9.17, 15) is 0 Å². The second kappa shape index (κ2) is 4.11. The highest BCUT2D eigenvalue weighted by Gasteiger charge is 2.21. The van der Waals surface area contributed by atoms with Crippen molar-refractivity contribution < 1.29 is 0 Å². The molecule has 0 aromatic rings. The van der Waals surface area contributed by atoms with Crippen molar-refractivity contribution in [1.29, 1.82) is 5.26 Å². The highest BCUT2D eigenvalue weighted by Crippen LogP contribution is 2.19. The molecule has 2 nitrogen and oxygen atoms in total. The van der Waals surface area contributed by atoms with E-state index in [1.165, 1.54) is 0 Å². The molecule has 0 bridgehead atoms. The van der Waals surface area contributed by atoms with Gasteiger partial charge < -0.3 is 4.90 Å². The summed E-state index contributed by atoms with van der Waals surface area (Å²) in [6.45, 7) is 12.5. The van der Waals surface area contributed by atoms with Crippen LogP contribution in [0.15, 0.2) is 0 Å². The molecule has 0 saturated heterocycles. The number of hydrogen-bond donors (Lipinski definition) is 0. The Morgan fingerprint density at radius 2 is 1.54 bits per heavy atom. The lowest BCUT2D eigenvalue weighted by molar-refractivity contribution is 0.187. The molecular formula is C11H22N2. The molecule has 13 heavy (non-hydrogen) atoms. The first-order valence-electron chi connectivity index (χ1n) is 4.76. The summed E-state index contributed by atoms with van der Waals surface area (Å²) in [5.74, 6) is 0. The zero-order valence-electron chi connectivity index (χ0n) is 9.81. The Morgan fingerprint density at radius 1 is 1.08 bits per heavy atom. The van der Waals surface area contributed by atoms with Gasteiger partial charge in [-0.05, 0) is 26.3 Å². The van der Waals surface area contributed by atoms with Crippen LogP contribution in [-0.4, -0.2) is 25.0 Å². The second-order valence-corrected chi connectivity index (χ2v) is 5.73. The van der Waals surface area contributed by atoms with Gasteiger partial charge in [0.1, 0.15) is 0 Å². The van der Waals surface area contributed by atoms with Gasteiger partial charge in [0.25, 0.3) is 0 Å². The van der Waals surface area contributed by atoms with Crippen molar-refractivity contribution in [2.24, 2.45) is 10.8 Å². The van der Waals surface area contributed by atoms with Gasteiger partial charge >= 0.3 is 0 Å². The van der Waals surface area contributed by atoms with E-state index in [1.807, 2.05) is 13.8 Å². The monoisotopic (exact) mass is 182 g/mol. The first kappa shape index (κ1) is 12.4. The van der Waals surface area contributed by atoms with Crippen LogP contribution in [0.4, 0.5) is 0 Å². The Morgan fingerprint density at radius 3 is 1.85 bits per heavy atom. The molecule has 0 atom stereocenters. The minimum atomic E-state index is -0.236. The topological polar surface area (TPSA) is 27.0 Å². The van der Waals surface area contributed by atoms with Gasteiger partial charge in [0.2, 0.25) is 0 Å². The van der Waals surface area contributed by atoms with Crippen molar-refractivity contribution in [3.8, 4) is 6.07 Å². The quantitative estimate of drug-likeness (QED) is 0.670. The number of nitrogens with zero attached hydrogens (tertiary/aromatic N) is 2. The summed E-state index contributed by atoms with van der Waals surface area (Å²) in [7, 11) is 2.07. The number of rotatable bonds is 3. The van der Waals surface area contributed by atoms with Gasteiger partial charge in [0.05, 0.1) is 11.5 Å². The van der Waals surface area contributed by atoms with Crippen molar-refractivity contribution in [2.45, 2.75) is 34.6 Å². The van der Waals surface area contributed by atoms with E-state index in [0.717, 1.165) is 13.1 Å². The predicted octanol–water partition coefficient (Wildman–Crippen LogP) is 2.51. The van der Waals surface area contributed by atoms with E-state index < -0.39 is 0 Å². The summed E-state index contributed by atoms with van der Waals surface area (Å²) >= 11 is 0. The summed E-state index contributed by atoms with van der Waals surface area (Å²) in [6, 6.07) is 2.32. The fourth-order valence-corrected chi connectivity index (χ4v) is 1.58. The molecule has 0 aliphatic carbocycles. The zero-order valence-corrected chi connectivity index (χ0v) is 9.81. The first-order chi connectivity index (χ1) is 5.66. The fourth-order valence-electron chi connectivity index (χ4n) is 1.58. The van der Waals surface area contributed by atoms with Gasteiger partial charge in [-0.25, -0.2) is 0 Å². The molecule has 76 valence electrons. The van der Waals surface area contributed by atoms with Crippen LogP contribution >= 0.6 is 0 Å². The third-order valence-corrected chi connectivity index (χ3v) is 1.71. The molecular weight excluding hydrogens is 160 g/mol. The first-order valence-corrected chi connectivity index (χ1v) is 4.76. The average molecular weight is 182 g/mol. The third kappa shape index (κ3) is 6.60. The predicted molar refractivity (Wildman–Crippen MR) is 56.3 cm³/mol. The molecule has 0 unspecified atom stereocenters. The van der Waals surface area contributed by atoms with E-state index in [-0.39, 0.29) is 5.41 Å². The fraction of sp³-hybridized carbons (Fsp3) is 0.909. The van der Waals surface area contributed by atoms with Crippen LogP contribution < -0.4 is 0 Å². The summed E-state index contributed by atoms with van der Waals surface area (Å²) < 4.78 is 0. The highest BCUT2D eigenvalue weighted by atomic mass is 15.1. The van der Waals surface area contributed by atoms with Crippen molar-refractivity contribution in [1.82, 2.24) is 4.90 Å². The molecule has 0 aromatic heterocycles. The van der Waals surface area contributed by atoms with Crippen molar-refractivity contribution in [3.63, 3.8) is 0 Å². The summed E-state index contributed by atoms with van der Waals surface area (Å²) in [5, 5.41) is 8.86. The molecule has 0 aromatic carbocycles. The maximum atomic E-state index is 8.86. The minimum Gasteiger partial charge on any atom is -0.304 e. The lowest BCUT2D eigenvalue weighted by Crippen LogP contribution is -2.36. The van der Waals surface area contributed by atoms with Crippen LogP contribution in [0, 0.1) is 22.2 Å².